The zero-order valence-corrected chi connectivity index (χ0v) is 20.0. The molecule has 1 fully saturated rings. The fourth-order valence-corrected chi connectivity index (χ4v) is 6.78. The van der Waals surface area contributed by atoms with Crippen LogP contribution in [-0.4, -0.2) is 58.6 Å². The summed E-state index contributed by atoms with van der Waals surface area (Å²) < 4.78 is 25.7. The lowest BCUT2D eigenvalue weighted by molar-refractivity contribution is -0.129. The SMILES string of the molecule is CCN(C(=O)CSc1ncc(-c2ccccc2)n1-c1cccc(Cl)c1)C1CCS(=O)(=O)C1. The Labute approximate surface area is 197 Å². The maximum absolute atomic E-state index is 13.0. The highest BCUT2D eigenvalue weighted by Crippen LogP contribution is 2.31. The molecule has 0 bridgehead atoms. The molecule has 1 atom stereocenters. The molecule has 3 aromatic rings. The summed E-state index contributed by atoms with van der Waals surface area (Å²) in [5.74, 6) is 0.290. The molecule has 1 aliphatic heterocycles. The molecule has 2 heterocycles. The van der Waals surface area contributed by atoms with E-state index in [2.05, 4.69) is 4.98 Å². The lowest BCUT2D eigenvalue weighted by Crippen LogP contribution is -2.42. The van der Waals surface area contributed by atoms with E-state index in [1.54, 1.807) is 11.1 Å². The number of imidazole rings is 1. The van der Waals surface area contributed by atoms with Gasteiger partial charge in [-0.15, -0.1) is 0 Å². The summed E-state index contributed by atoms with van der Waals surface area (Å²) in [4.78, 5) is 19.3. The summed E-state index contributed by atoms with van der Waals surface area (Å²) in [7, 11) is -3.05. The highest BCUT2D eigenvalue weighted by Gasteiger charge is 2.34. The van der Waals surface area contributed by atoms with Crippen LogP contribution in [-0.2, 0) is 14.6 Å². The second-order valence-corrected chi connectivity index (χ2v) is 11.2. The Bertz CT molecular complexity index is 1210. The van der Waals surface area contributed by atoms with E-state index < -0.39 is 9.84 Å². The van der Waals surface area contributed by atoms with Gasteiger partial charge in [0.25, 0.3) is 0 Å². The number of carbonyl (C=O) groups excluding carboxylic acids is 1. The summed E-state index contributed by atoms with van der Waals surface area (Å²) in [5.41, 5.74) is 2.76. The molecule has 1 aliphatic rings. The van der Waals surface area contributed by atoms with Gasteiger partial charge in [-0.2, -0.15) is 0 Å². The second-order valence-electron chi connectivity index (χ2n) is 7.63. The Morgan fingerprint density at radius 1 is 1.22 bits per heavy atom. The van der Waals surface area contributed by atoms with Crippen molar-refractivity contribution in [1.82, 2.24) is 14.5 Å². The van der Waals surface area contributed by atoms with Crippen molar-refractivity contribution in [2.45, 2.75) is 24.5 Å². The predicted octanol–water partition coefficient (Wildman–Crippen LogP) is 4.32. The minimum Gasteiger partial charge on any atom is -0.338 e. The van der Waals surface area contributed by atoms with Gasteiger partial charge in [0.15, 0.2) is 15.0 Å². The lowest BCUT2D eigenvalue weighted by Gasteiger charge is -2.26. The normalized spacial score (nSPS) is 17.4. The lowest BCUT2D eigenvalue weighted by atomic mass is 10.1. The summed E-state index contributed by atoms with van der Waals surface area (Å²) in [6.07, 6.45) is 2.30. The first-order valence-corrected chi connectivity index (χ1v) is 13.6. The van der Waals surface area contributed by atoms with Crippen LogP contribution in [0.4, 0.5) is 0 Å². The quantitative estimate of drug-likeness (QED) is 0.462. The summed E-state index contributed by atoms with van der Waals surface area (Å²) in [6, 6.07) is 17.2. The summed E-state index contributed by atoms with van der Waals surface area (Å²) in [5, 5.41) is 1.29. The van der Waals surface area contributed by atoms with Crippen LogP contribution in [0, 0.1) is 0 Å². The molecule has 6 nitrogen and oxygen atoms in total. The predicted molar refractivity (Wildman–Crippen MR) is 129 cm³/mol. The summed E-state index contributed by atoms with van der Waals surface area (Å²) >= 11 is 7.59. The number of amides is 1. The monoisotopic (exact) mass is 489 g/mol. The third-order valence-electron chi connectivity index (χ3n) is 5.50. The van der Waals surface area contributed by atoms with Gasteiger partial charge < -0.3 is 4.90 Å². The van der Waals surface area contributed by atoms with E-state index in [9.17, 15) is 13.2 Å². The van der Waals surface area contributed by atoms with Crippen LogP contribution in [0.3, 0.4) is 0 Å². The van der Waals surface area contributed by atoms with E-state index in [0.717, 1.165) is 16.9 Å². The van der Waals surface area contributed by atoms with Crippen molar-refractivity contribution in [3.8, 4) is 16.9 Å². The Balaban J connectivity index is 1.60. The number of halogens is 1. The third kappa shape index (κ3) is 5.03. The molecule has 9 heteroatoms. The van der Waals surface area contributed by atoms with Gasteiger partial charge in [0.2, 0.25) is 5.91 Å². The number of benzene rings is 2. The molecule has 32 heavy (non-hydrogen) atoms. The number of thioether (sulfide) groups is 1. The number of aromatic nitrogens is 2. The Kier molecular flexibility index (Phi) is 6.93. The summed E-state index contributed by atoms with van der Waals surface area (Å²) in [6.45, 7) is 2.37. The molecule has 0 saturated carbocycles. The largest absolute Gasteiger partial charge is 0.338 e. The van der Waals surface area contributed by atoms with Gasteiger partial charge in [0, 0.05) is 28.9 Å². The molecule has 168 valence electrons. The average molecular weight is 490 g/mol. The zero-order chi connectivity index (χ0) is 22.7. The second kappa shape index (κ2) is 9.68. The van der Waals surface area contributed by atoms with Crippen molar-refractivity contribution < 1.29 is 13.2 Å². The highest BCUT2D eigenvalue weighted by atomic mass is 35.5. The molecule has 1 unspecified atom stereocenters. The molecule has 1 aromatic heterocycles. The van der Waals surface area contributed by atoms with E-state index >= 15 is 0 Å². The fraction of sp³-hybridized carbons (Fsp3) is 0.304. The zero-order valence-electron chi connectivity index (χ0n) is 17.6. The van der Waals surface area contributed by atoms with E-state index in [1.807, 2.05) is 66.1 Å². The molecule has 0 radical (unpaired) electrons. The van der Waals surface area contributed by atoms with E-state index in [1.165, 1.54) is 11.8 Å². The average Bonchev–Trinajstić information content (AvgIpc) is 3.36. The number of nitrogens with zero attached hydrogens (tertiary/aromatic N) is 3. The third-order valence-corrected chi connectivity index (χ3v) is 8.42. The minimum absolute atomic E-state index is 0.0482. The molecule has 2 aromatic carbocycles. The maximum Gasteiger partial charge on any atom is 0.233 e. The fourth-order valence-electron chi connectivity index (χ4n) is 3.98. The van der Waals surface area contributed by atoms with Crippen LogP contribution < -0.4 is 0 Å². The van der Waals surface area contributed by atoms with Crippen molar-refractivity contribution in [2.75, 3.05) is 23.8 Å². The van der Waals surface area contributed by atoms with Gasteiger partial charge >= 0.3 is 0 Å². The molecular weight excluding hydrogens is 466 g/mol. The molecule has 0 aliphatic carbocycles. The Hall–Kier alpha value is -2.29. The van der Waals surface area contributed by atoms with Crippen molar-refractivity contribution in [3.63, 3.8) is 0 Å². The van der Waals surface area contributed by atoms with Gasteiger partial charge in [0.1, 0.15) is 0 Å². The van der Waals surface area contributed by atoms with Crippen LogP contribution in [0.5, 0.6) is 0 Å². The number of hydrogen-bond acceptors (Lipinski definition) is 5. The van der Waals surface area contributed by atoms with E-state index in [0.29, 0.717) is 23.1 Å². The van der Waals surface area contributed by atoms with Gasteiger partial charge in [-0.25, -0.2) is 13.4 Å². The molecule has 4 rings (SSSR count). The molecule has 1 amide bonds. The van der Waals surface area contributed by atoms with Gasteiger partial charge in [0.05, 0.1) is 29.1 Å². The number of sulfone groups is 1. The first-order valence-electron chi connectivity index (χ1n) is 10.4. The standard InChI is InChI=1S/C23H24ClN3O3S2/c1-2-26(20-11-12-32(29,30)16-20)22(28)15-31-23-25-14-21(17-7-4-3-5-8-17)27(23)19-10-6-9-18(24)13-19/h3-10,13-14,20H,2,11-12,15-16H2,1H3. The van der Waals surface area contributed by atoms with Crippen molar-refractivity contribution >= 4 is 39.1 Å². The minimum atomic E-state index is -3.05. The first-order chi connectivity index (χ1) is 15.4. The van der Waals surface area contributed by atoms with Crippen molar-refractivity contribution in [1.29, 1.82) is 0 Å². The van der Waals surface area contributed by atoms with Crippen molar-refractivity contribution in [3.05, 3.63) is 65.8 Å². The van der Waals surface area contributed by atoms with Crippen LogP contribution in [0.1, 0.15) is 13.3 Å². The number of rotatable bonds is 7. The van der Waals surface area contributed by atoms with Crippen molar-refractivity contribution in [2.24, 2.45) is 0 Å². The smallest absolute Gasteiger partial charge is 0.233 e. The molecular formula is C23H24ClN3O3S2. The Morgan fingerprint density at radius 2 is 2.00 bits per heavy atom. The molecule has 0 N–H and O–H groups in total. The van der Waals surface area contributed by atoms with Gasteiger partial charge in [-0.3, -0.25) is 9.36 Å². The van der Waals surface area contributed by atoms with Crippen LogP contribution in [0.2, 0.25) is 5.02 Å². The van der Waals surface area contributed by atoms with Crippen LogP contribution >= 0.6 is 23.4 Å². The van der Waals surface area contributed by atoms with Gasteiger partial charge in [-0.05, 0) is 31.5 Å². The van der Waals surface area contributed by atoms with E-state index in [4.69, 9.17) is 11.6 Å². The highest BCUT2D eigenvalue weighted by molar-refractivity contribution is 7.99. The van der Waals surface area contributed by atoms with Crippen LogP contribution in [0.25, 0.3) is 16.9 Å². The van der Waals surface area contributed by atoms with Gasteiger partial charge in [-0.1, -0.05) is 59.8 Å². The van der Waals surface area contributed by atoms with Crippen LogP contribution in [0.15, 0.2) is 66.0 Å². The number of carbonyl (C=O) groups is 1. The molecule has 0 spiro atoms. The topological polar surface area (TPSA) is 72.3 Å². The van der Waals surface area contributed by atoms with E-state index in [-0.39, 0.29) is 29.2 Å². The first kappa shape index (κ1) is 22.9. The maximum atomic E-state index is 13.0. The molecule has 1 saturated heterocycles. The Morgan fingerprint density at radius 3 is 2.66 bits per heavy atom. The number of hydrogen-bond donors (Lipinski definition) is 0.